The minimum absolute atomic E-state index is 1.09. The highest BCUT2D eigenvalue weighted by molar-refractivity contribution is 5.75. The minimum atomic E-state index is 1.09. The summed E-state index contributed by atoms with van der Waals surface area (Å²) in [7, 11) is 25.0. The van der Waals surface area contributed by atoms with Crippen LogP contribution in [0.4, 0.5) is 0 Å². The van der Waals surface area contributed by atoms with Gasteiger partial charge in [0.2, 0.25) is 0 Å². The van der Waals surface area contributed by atoms with E-state index in [1.54, 1.807) is 0 Å². The third-order valence-corrected chi connectivity index (χ3v) is 8.65. The second-order valence-corrected chi connectivity index (χ2v) is 13.2. The molecule has 12 nitrogen and oxygen atoms in total. The lowest BCUT2D eigenvalue weighted by Gasteiger charge is -2.28. The molecule has 6 heterocycles. The first-order valence-corrected chi connectivity index (χ1v) is 16.1. The zero-order chi connectivity index (χ0) is 34.6. The van der Waals surface area contributed by atoms with Crippen LogP contribution in [0.15, 0.2) is 85.2 Å². The second-order valence-electron chi connectivity index (χ2n) is 13.2. The van der Waals surface area contributed by atoms with Gasteiger partial charge in [-0.2, -0.15) is 0 Å². The lowest BCUT2D eigenvalue weighted by Crippen LogP contribution is -2.32. The van der Waals surface area contributed by atoms with Crippen molar-refractivity contribution in [3.05, 3.63) is 85.2 Å². The van der Waals surface area contributed by atoms with Crippen molar-refractivity contribution in [3.8, 4) is 56.9 Å². The highest BCUT2D eigenvalue weighted by atomic mass is 15.6. The Labute approximate surface area is 284 Å². The van der Waals surface area contributed by atoms with E-state index in [9.17, 15) is 0 Å². The molecule has 0 aliphatic carbocycles. The van der Waals surface area contributed by atoms with Crippen molar-refractivity contribution in [2.75, 3.05) is 115 Å². The van der Waals surface area contributed by atoms with Gasteiger partial charge in [0.25, 0.3) is 0 Å². The number of hydrogen-bond donors (Lipinski definition) is 0. The minimum Gasteiger partial charge on any atom is -0.319 e. The largest absolute Gasteiger partial charge is 0.319 e. The van der Waals surface area contributed by atoms with Crippen LogP contribution < -0.4 is 30.1 Å². The van der Waals surface area contributed by atoms with E-state index in [0.717, 1.165) is 56.9 Å². The molecule has 0 aromatic carbocycles. The second kappa shape index (κ2) is 12.3. The zero-order valence-electron chi connectivity index (χ0n) is 30.4. The molecule has 254 valence electrons. The molecule has 0 N–H and O–H groups in total. The average Bonchev–Trinajstić information content (AvgIpc) is 3.84. The molecule has 0 unspecified atom stereocenters. The van der Waals surface area contributed by atoms with Gasteiger partial charge in [-0.15, -0.1) is 0 Å². The Morgan fingerprint density at radius 1 is 0.271 bits per heavy atom. The third kappa shape index (κ3) is 5.17. The van der Waals surface area contributed by atoms with Crippen LogP contribution in [0.25, 0.3) is 56.9 Å². The van der Waals surface area contributed by atoms with Gasteiger partial charge in [-0.05, 0) is 72.8 Å². The van der Waals surface area contributed by atoms with E-state index in [4.69, 9.17) is 0 Å². The van der Waals surface area contributed by atoms with Gasteiger partial charge in [0.1, 0.15) is 0 Å². The zero-order valence-corrected chi connectivity index (χ0v) is 30.4. The molecule has 0 amide bonds. The molecule has 0 fully saturated rings. The molecular formula is C36H50N12. The number of rotatable bonds is 11. The smallest absolute Gasteiger partial charge is 0.0886 e. The fourth-order valence-electron chi connectivity index (χ4n) is 6.84. The summed E-state index contributed by atoms with van der Waals surface area (Å²) in [5.74, 6) is 0. The highest BCUT2D eigenvalue weighted by Gasteiger charge is 2.26. The molecule has 6 aromatic heterocycles. The fourth-order valence-corrected chi connectivity index (χ4v) is 6.84. The van der Waals surface area contributed by atoms with Crippen molar-refractivity contribution >= 4 is 0 Å². The van der Waals surface area contributed by atoms with Gasteiger partial charge in [-0.1, -0.05) is 0 Å². The Bertz CT molecular complexity index is 1870. The first kappa shape index (κ1) is 32.4. The van der Waals surface area contributed by atoms with Crippen molar-refractivity contribution < 1.29 is 0 Å². The van der Waals surface area contributed by atoms with Crippen molar-refractivity contribution in [2.45, 2.75) is 0 Å². The molecule has 0 atom stereocenters. The maximum Gasteiger partial charge on any atom is 0.0886 e. The molecule has 0 aliphatic rings. The van der Waals surface area contributed by atoms with E-state index in [1.165, 1.54) is 0 Å². The Balaban J connectivity index is 1.51. The van der Waals surface area contributed by atoms with Gasteiger partial charge in [0.15, 0.2) is 0 Å². The summed E-state index contributed by atoms with van der Waals surface area (Å²) in [5, 5.41) is 12.8. The summed E-state index contributed by atoms with van der Waals surface area (Å²) >= 11 is 0. The van der Waals surface area contributed by atoms with Crippen molar-refractivity contribution in [1.82, 2.24) is 28.1 Å². The van der Waals surface area contributed by atoms with E-state index < -0.39 is 0 Å². The molecule has 0 spiro atoms. The predicted octanol–water partition coefficient (Wildman–Crippen LogP) is 4.02. The molecule has 0 saturated carbocycles. The summed E-state index contributed by atoms with van der Waals surface area (Å²) in [4.78, 5) is 0. The standard InChI is InChI=1S/C36H50N12/c1-37(2)43-25-13-15-27(43)29-17-19-31(45(29)39(5)6)33-21-23-35(47(33)41(9)10)36-24-22-34(48(36)42(11)12)32-20-18-30(46(32)40(7)8)28-16-14-26-44(28)38(3)4/h13-26H,1-12H3. The monoisotopic (exact) mass is 650 g/mol. The van der Waals surface area contributed by atoms with Crippen molar-refractivity contribution in [1.29, 1.82) is 0 Å². The summed E-state index contributed by atoms with van der Waals surface area (Å²) < 4.78 is 13.5. The van der Waals surface area contributed by atoms with Crippen LogP contribution in [-0.2, 0) is 0 Å². The topological polar surface area (TPSA) is 49.0 Å². The SMILES string of the molecule is CN(C)n1cccc1-c1ccc(-c2ccc(-c3ccc(-c4ccc(-c5cccn5N(C)C)n4N(C)C)n3N(C)C)n2N(C)C)n1N(C)C. The number of nitrogens with zero attached hydrogens (tertiary/aromatic N) is 12. The maximum atomic E-state index is 2.30. The van der Waals surface area contributed by atoms with Gasteiger partial charge in [-0.25, -0.2) is 0 Å². The maximum absolute atomic E-state index is 2.30. The molecule has 0 aliphatic heterocycles. The van der Waals surface area contributed by atoms with Crippen LogP contribution in [0.3, 0.4) is 0 Å². The average molecular weight is 651 g/mol. The van der Waals surface area contributed by atoms with Crippen molar-refractivity contribution in [3.63, 3.8) is 0 Å². The molecule has 6 rings (SSSR count). The molecule has 48 heavy (non-hydrogen) atoms. The summed E-state index contributed by atoms with van der Waals surface area (Å²) in [6.07, 6.45) is 4.18. The summed E-state index contributed by atoms with van der Waals surface area (Å²) in [6, 6.07) is 26.2. The fraction of sp³-hybridized carbons (Fsp3) is 0.333. The number of hydrogen-bond acceptors (Lipinski definition) is 6. The predicted molar refractivity (Wildman–Crippen MR) is 202 cm³/mol. The van der Waals surface area contributed by atoms with Crippen molar-refractivity contribution in [2.24, 2.45) is 0 Å². The number of aromatic nitrogens is 6. The third-order valence-electron chi connectivity index (χ3n) is 8.65. The van der Waals surface area contributed by atoms with Crippen LogP contribution in [0.5, 0.6) is 0 Å². The molecule has 0 saturated heterocycles. The van der Waals surface area contributed by atoms with Gasteiger partial charge in [0, 0.05) is 97.0 Å². The molecule has 12 heteroatoms. The Hall–Kier alpha value is -5.52. The normalized spacial score (nSPS) is 11.3. The van der Waals surface area contributed by atoms with E-state index in [1.807, 2.05) is 0 Å². The summed E-state index contributed by atoms with van der Waals surface area (Å²) in [6.45, 7) is 0. The lowest BCUT2D eigenvalue weighted by atomic mass is 10.3. The molecule has 6 aromatic rings. The van der Waals surface area contributed by atoms with Crippen LogP contribution in [0.1, 0.15) is 0 Å². The van der Waals surface area contributed by atoms with Crippen LogP contribution in [0, 0.1) is 0 Å². The van der Waals surface area contributed by atoms with Crippen LogP contribution in [-0.4, -0.2) is 113 Å². The van der Waals surface area contributed by atoms with E-state index in [2.05, 4.69) is 228 Å². The molecular weight excluding hydrogens is 600 g/mol. The van der Waals surface area contributed by atoms with Gasteiger partial charge in [-0.3, -0.25) is 28.1 Å². The highest BCUT2D eigenvalue weighted by Crippen LogP contribution is 2.37. The van der Waals surface area contributed by atoms with E-state index in [0.29, 0.717) is 0 Å². The van der Waals surface area contributed by atoms with E-state index >= 15 is 0 Å². The van der Waals surface area contributed by atoms with E-state index in [-0.39, 0.29) is 0 Å². The van der Waals surface area contributed by atoms with Gasteiger partial charge < -0.3 is 30.1 Å². The summed E-state index contributed by atoms with van der Waals surface area (Å²) in [5.41, 5.74) is 11.0. The van der Waals surface area contributed by atoms with Crippen LogP contribution >= 0.6 is 0 Å². The first-order chi connectivity index (χ1) is 22.8. The van der Waals surface area contributed by atoms with Gasteiger partial charge in [0.05, 0.1) is 56.9 Å². The first-order valence-electron chi connectivity index (χ1n) is 16.1. The molecule has 0 bridgehead atoms. The molecule has 0 radical (unpaired) electrons. The Morgan fingerprint density at radius 3 is 0.667 bits per heavy atom. The Kier molecular flexibility index (Phi) is 8.28. The van der Waals surface area contributed by atoms with Crippen LogP contribution in [0.2, 0.25) is 0 Å². The quantitative estimate of drug-likeness (QED) is 0.211. The lowest BCUT2D eigenvalue weighted by molar-refractivity contribution is 0.693. The van der Waals surface area contributed by atoms with Gasteiger partial charge >= 0.3 is 0 Å². The Morgan fingerprint density at radius 2 is 0.479 bits per heavy atom.